The molecule has 2 aromatic rings. The lowest BCUT2D eigenvalue weighted by atomic mass is 10.1. The van der Waals surface area contributed by atoms with Crippen LogP contribution in [0.4, 0.5) is 0 Å². The second-order valence-corrected chi connectivity index (χ2v) is 3.75. The summed E-state index contributed by atoms with van der Waals surface area (Å²) in [4.78, 5) is 0. The minimum absolute atomic E-state index is 0.0881. The van der Waals surface area contributed by atoms with Gasteiger partial charge in [-0.25, -0.2) is 0 Å². The van der Waals surface area contributed by atoms with Crippen molar-refractivity contribution in [3.8, 4) is 11.5 Å². The van der Waals surface area contributed by atoms with Gasteiger partial charge in [-0.1, -0.05) is 22.0 Å². The Morgan fingerprint density at radius 3 is 2.15 bits per heavy atom. The Morgan fingerprint density at radius 1 is 0.846 bits per heavy atom. The Kier molecular flexibility index (Phi) is 1.88. The minimum Gasteiger partial charge on any atom is -0.504 e. The number of fused-ring (bicyclic) bond motifs is 1. The molecule has 0 saturated carbocycles. The van der Waals surface area contributed by atoms with Crippen LogP contribution in [0, 0.1) is 0 Å². The fourth-order valence-electron chi connectivity index (χ4n) is 1.24. The summed E-state index contributed by atoms with van der Waals surface area (Å²) in [6.45, 7) is 0. The van der Waals surface area contributed by atoms with Crippen LogP contribution in [0.5, 0.6) is 11.5 Å². The summed E-state index contributed by atoms with van der Waals surface area (Å²) in [5.74, 6) is -0.180. The maximum Gasteiger partial charge on any atom is 0.158 e. The predicted molar refractivity (Wildman–Crippen MR) is 55.0 cm³/mol. The monoisotopic (exact) mass is 238 g/mol. The third kappa shape index (κ3) is 1.47. The average Bonchev–Trinajstić information content (AvgIpc) is 2.08. The van der Waals surface area contributed by atoms with E-state index in [4.69, 9.17) is 0 Å². The Hall–Kier alpha value is -1.22. The third-order valence-electron chi connectivity index (χ3n) is 1.90. The topological polar surface area (TPSA) is 40.5 Å². The molecule has 2 nitrogen and oxygen atoms in total. The molecule has 0 heterocycles. The highest BCUT2D eigenvalue weighted by atomic mass is 79.9. The van der Waals surface area contributed by atoms with Gasteiger partial charge in [-0.3, -0.25) is 0 Å². The molecular weight excluding hydrogens is 232 g/mol. The van der Waals surface area contributed by atoms with Crippen molar-refractivity contribution in [1.82, 2.24) is 0 Å². The first kappa shape index (κ1) is 8.38. The van der Waals surface area contributed by atoms with Crippen LogP contribution < -0.4 is 0 Å². The molecule has 0 bridgehead atoms. The van der Waals surface area contributed by atoms with Gasteiger partial charge in [-0.2, -0.15) is 0 Å². The van der Waals surface area contributed by atoms with Crippen molar-refractivity contribution in [2.45, 2.75) is 0 Å². The molecule has 0 aromatic heterocycles. The van der Waals surface area contributed by atoms with Gasteiger partial charge in [0.05, 0.1) is 0 Å². The van der Waals surface area contributed by atoms with Crippen LogP contribution in [0.3, 0.4) is 0 Å². The highest BCUT2D eigenvalue weighted by Gasteiger charge is 2.01. The Labute approximate surface area is 83.6 Å². The number of aromatic hydroxyl groups is 2. The van der Waals surface area contributed by atoms with Gasteiger partial charge < -0.3 is 10.2 Å². The molecule has 0 spiro atoms. The summed E-state index contributed by atoms with van der Waals surface area (Å²) in [6.07, 6.45) is 0. The molecule has 0 aliphatic rings. The lowest BCUT2D eigenvalue weighted by Gasteiger charge is -2.01. The van der Waals surface area contributed by atoms with E-state index >= 15 is 0 Å². The van der Waals surface area contributed by atoms with E-state index in [1.54, 1.807) is 0 Å². The first-order valence-corrected chi connectivity index (χ1v) is 4.57. The lowest BCUT2D eigenvalue weighted by Crippen LogP contribution is -1.74. The number of halogens is 1. The van der Waals surface area contributed by atoms with E-state index < -0.39 is 0 Å². The van der Waals surface area contributed by atoms with Gasteiger partial charge in [0.1, 0.15) is 0 Å². The Morgan fingerprint density at radius 2 is 1.46 bits per heavy atom. The molecule has 0 saturated heterocycles. The SMILES string of the molecule is Oc1cc2ccc(Br)cc2cc1O. The van der Waals surface area contributed by atoms with Crippen LogP contribution in [0.25, 0.3) is 10.8 Å². The number of hydrogen-bond acceptors (Lipinski definition) is 2. The van der Waals surface area contributed by atoms with Crippen molar-refractivity contribution in [1.29, 1.82) is 0 Å². The van der Waals surface area contributed by atoms with Gasteiger partial charge >= 0.3 is 0 Å². The molecule has 2 N–H and O–H groups in total. The van der Waals surface area contributed by atoms with Gasteiger partial charge in [-0.05, 0) is 35.0 Å². The van der Waals surface area contributed by atoms with Crippen LogP contribution in [-0.4, -0.2) is 10.2 Å². The smallest absolute Gasteiger partial charge is 0.158 e. The van der Waals surface area contributed by atoms with E-state index in [2.05, 4.69) is 15.9 Å². The van der Waals surface area contributed by atoms with Gasteiger partial charge in [-0.15, -0.1) is 0 Å². The Bertz CT molecular complexity index is 466. The summed E-state index contributed by atoms with van der Waals surface area (Å²) in [6, 6.07) is 8.72. The normalized spacial score (nSPS) is 10.5. The number of phenolic OH excluding ortho intramolecular Hbond substituents is 2. The van der Waals surface area contributed by atoms with Crippen molar-refractivity contribution in [2.75, 3.05) is 0 Å². The van der Waals surface area contributed by atoms with Crippen molar-refractivity contribution in [3.05, 3.63) is 34.8 Å². The second-order valence-electron chi connectivity index (χ2n) is 2.83. The molecule has 66 valence electrons. The third-order valence-corrected chi connectivity index (χ3v) is 2.39. The first-order valence-electron chi connectivity index (χ1n) is 3.78. The first-order chi connectivity index (χ1) is 6.16. The van der Waals surface area contributed by atoms with E-state index in [9.17, 15) is 10.2 Å². The summed E-state index contributed by atoms with van der Waals surface area (Å²) in [5, 5.41) is 20.3. The van der Waals surface area contributed by atoms with E-state index in [1.165, 1.54) is 12.1 Å². The lowest BCUT2D eigenvalue weighted by molar-refractivity contribution is 0.405. The fraction of sp³-hybridized carbons (Fsp3) is 0. The summed E-state index contributed by atoms with van der Waals surface area (Å²) < 4.78 is 0.949. The highest BCUT2D eigenvalue weighted by Crippen LogP contribution is 2.31. The Balaban J connectivity index is 2.81. The summed E-state index contributed by atoms with van der Waals surface area (Å²) in [7, 11) is 0. The largest absolute Gasteiger partial charge is 0.504 e. The molecule has 0 fully saturated rings. The molecule has 0 amide bonds. The number of benzene rings is 2. The van der Waals surface area contributed by atoms with Gasteiger partial charge in [0.2, 0.25) is 0 Å². The van der Waals surface area contributed by atoms with Crippen LogP contribution in [-0.2, 0) is 0 Å². The van der Waals surface area contributed by atoms with E-state index in [0.717, 1.165) is 15.2 Å². The average molecular weight is 239 g/mol. The molecule has 2 aromatic carbocycles. The zero-order chi connectivity index (χ0) is 9.42. The molecular formula is C10H7BrO2. The minimum atomic E-state index is -0.0920. The van der Waals surface area contributed by atoms with E-state index in [1.807, 2.05) is 18.2 Å². The highest BCUT2D eigenvalue weighted by molar-refractivity contribution is 9.10. The fourth-order valence-corrected chi connectivity index (χ4v) is 1.62. The molecule has 0 unspecified atom stereocenters. The maximum absolute atomic E-state index is 9.24. The van der Waals surface area contributed by atoms with Crippen LogP contribution >= 0.6 is 15.9 Å². The predicted octanol–water partition coefficient (Wildman–Crippen LogP) is 3.01. The second kappa shape index (κ2) is 2.92. The molecule has 0 radical (unpaired) electrons. The van der Waals surface area contributed by atoms with Gasteiger partial charge in [0.15, 0.2) is 11.5 Å². The van der Waals surface area contributed by atoms with Crippen molar-refractivity contribution in [2.24, 2.45) is 0 Å². The zero-order valence-corrected chi connectivity index (χ0v) is 8.25. The van der Waals surface area contributed by atoms with Crippen LogP contribution in [0.2, 0.25) is 0 Å². The standard InChI is InChI=1S/C10H7BrO2/c11-8-2-1-6-4-9(12)10(13)5-7(6)3-8/h1-5,12-13H. The maximum atomic E-state index is 9.24. The number of hydrogen-bond donors (Lipinski definition) is 2. The van der Waals surface area contributed by atoms with E-state index in [-0.39, 0.29) is 11.5 Å². The molecule has 13 heavy (non-hydrogen) atoms. The summed E-state index contributed by atoms with van der Waals surface area (Å²) >= 11 is 3.33. The number of rotatable bonds is 0. The van der Waals surface area contributed by atoms with Crippen molar-refractivity contribution < 1.29 is 10.2 Å². The number of phenols is 2. The molecule has 0 aliphatic carbocycles. The quantitative estimate of drug-likeness (QED) is 0.693. The molecule has 3 heteroatoms. The van der Waals surface area contributed by atoms with Crippen LogP contribution in [0.15, 0.2) is 34.8 Å². The van der Waals surface area contributed by atoms with Crippen molar-refractivity contribution in [3.63, 3.8) is 0 Å². The van der Waals surface area contributed by atoms with Gasteiger partial charge in [0, 0.05) is 4.47 Å². The zero-order valence-electron chi connectivity index (χ0n) is 6.66. The van der Waals surface area contributed by atoms with Crippen LogP contribution in [0.1, 0.15) is 0 Å². The van der Waals surface area contributed by atoms with E-state index in [0.29, 0.717) is 0 Å². The van der Waals surface area contributed by atoms with Crippen molar-refractivity contribution >= 4 is 26.7 Å². The molecule has 2 rings (SSSR count). The molecule has 0 aliphatic heterocycles. The summed E-state index contributed by atoms with van der Waals surface area (Å²) in [5.41, 5.74) is 0. The molecule has 0 atom stereocenters. The van der Waals surface area contributed by atoms with Gasteiger partial charge in [0.25, 0.3) is 0 Å².